The standard InChI is InChI=1S/C24H31FN6/c1-17(2)23(24-26-27-28-31(24)16-20-7-9-21(25)10-8-20)30-13-11-29(12-14-30)22-15-18(3)5-6-19(22)4/h5-10,15,17,23H,11-14,16H2,1-4H3/t23-/m0/s1. The molecule has 2 heterocycles. The highest BCUT2D eigenvalue weighted by Gasteiger charge is 2.31. The molecule has 1 aliphatic heterocycles. The van der Waals surface area contributed by atoms with E-state index in [9.17, 15) is 4.39 Å². The molecule has 0 spiro atoms. The summed E-state index contributed by atoms with van der Waals surface area (Å²) in [6.07, 6.45) is 0. The first kappa shape index (κ1) is 21.4. The summed E-state index contributed by atoms with van der Waals surface area (Å²) < 4.78 is 15.1. The smallest absolute Gasteiger partial charge is 0.169 e. The number of piperazine rings is 1. The third-order valence-electron chi connectivity index (χ3n) is 6.11. The molecule has 1 aromatic heterocycles. The number of hydrogen-bond acceptors (Lipinski definition) is 5. The summed E-state index contributed by atoms with van der Waals surface area (Å²) in [7, 11) is 0. The molecule has 7 heteroatoms. The highest BCUT2D eigenvalue weighted by molar-refractivity contribution is 5.55. The van der Waals surface area contributed by atoms with Gasteiger partial charge < -0.3 is 4.90 Å². The topological polar surface area (TPSA) is 50.1 Å². The van der Waals surface area contributed by atoms with Gasteiger partial charge in [-0.15, -0.1) is 5.10 Å². The van der Waals surface area contributed by atoms with Gasteiger partial charge in [-0.2, -0.15) is 0 Å². The van der Waals surface area contributed by atoms with Gasteiger partial charge in [0.2, 0.25) is 0 Å². The van der Waals surface area contributed by atoms with Crippen molar-refractivity contribution in [3.63, 3.8) is 0 Å². The average Bonchev–Trinajstić information content (AvgIpc) is 3.19. The molecule has 0 unspecified atom stereocenters. The third-order valence-corrected chi connectivity index (χ3v) is 6.11. The molecule has 3 aromatic rings. The SMILES string of the molecule is Cc1ccc(C)c(N2CCN([C@H](c3nnnn3Cc3ccc(F)cc3)C(C)C)CC2)c1. The molecule has 1 saturated heterocycles. The summed E-state index contributed by atoms with van der Waals surface area (Å²) in [5, 5.41) is 12.6. The van der Waals surface area contributed by atoms with Gasteiger partial charge in [-0.3, -0.25) is 4.90 Å². The number of anilines is 1. The maximum Gasteiger partial charge on any atom is 0.169 e. The molecule has 6 nitrogen and oxygen atoms in total. The molecule has 0 bridgehead atoms. The van der Waals surface area contributed by atoms with Crippen molar-refractivity contribution in [3.05, 3.63) is 70.8 Å². The Morgan fingerprint density at radius 1 is 0.968 bits per heavy atom. The van der Waals surface area contributed by atoms with Crippen molar-refractivity contribution < 1.29 is 4.39 Å². The number of nitrogens with zero attached hydrogens (tertiary/aromatic N) is 6. The van der Waals surface area contributed by atoms with E-state index in [1.54, 1.807) is 12.1 Å². The number of halogens is 1. The monoisotopic (exact) mass is 422 g/mol. The van der Waals surface area contributed by atoms with Crippen molar-refractivity contribution in [1.29, 1.82) is 0 Å². The van der Waals surface area contributed by atoms with Crippen LogP contribution in [0.3, 0.4) is 0 Å². The first-order valence-electron chi connectivity index (χ1n) is 11.0. The second-order valence-electron chi connectivity index (χ2n) is 8.82. The maximum atomic E-state index is 13.3. The van der Waals surface area contributed by atoms with E-state index in [0.29, 0.717) is 12.5 Å². The van der Waals surface area contributed by atoms with E-state index in [4.69, 9.17) is 0 Å². The molecular formula is C24H31FN6. The van der Waals surface area contributed by atoms with Gasteiger partial charge in [-0.25, -0.2) is 9.07 Å². The van der Waals surface area contributed by atoms with Gasteiger partial charge in [0.05, 0.1) is 12.6 Å². The second kappa shape index (κ2) is 9.14. The Hall–Kier alpha value is -2.80. The Morgan fingerprint density at radius 2 is 1.68 bits per heavy atom. The van der Waals surface area contributed by atoms with Crippen LogP contribution in [0.25, 0.3) is 0 Å². The second-order valence-corrected chi connectivity index (χ2v) is 8.82. The van der Waals surface area contributed by atoms with Crippen LogP contribution >= 0.6 is 0 Å². The van der Waals surface area contributed by atoms with Gasteiger partial charge in [0, 0.05) is 31.9 Å². The minimum absolute atomic E-state index is 0.135. The molecule has 0 radical (unpaired) electrons. The molecule has 164 valence electrons. The van der Waals surface area contributed by atoms with Crippen molar-refractivity contribution in [3.8, 4) is 0 Å². The van der Waals surface area contributed by atoms with E-state index in [1.807, 2.05) is 4.68 Å². The minimum Gasteiger partial charge on any atom is -0.369 e. The van der Waals surface area contributed by atoms with Crippen LogP contribution in [0.5, 0.6) is 0 Å². The largest absolute Gasteiger partial charge is 0.369 e. The molecular weight excluding hydrogens is 391 g/mol. The molecule has 1 aliphatic rings. The maximum absolute atomic E-state index is 13.3. The predicted molar refractivity (Wildman–Crippen MR) is 121 cm³/mol. The number of aromatic nitrogens is 4. The highest BCUT2D eigenvalue weighted by Crippen LogP contribution is 2.30. The molecule has 0 N–H and O–H groups in total. The Labute approximate surface area is 183 Å². The van der Waals surface area contributed by atoms with Crippen LogP contribution in [-0.2, 0) is 6.54 Å². The molecule has 1 atom stereocenters. The summed E-state index contributed by atoms with van der Waals surface area (Å²) in [6.45, 7) is 13.2. The van der Waals surface area contributed by atoms with Gasteiger partial charge in [0.25, 0.3) is 0 Å². The number of aryl methyl sites for hydroxylation is 2. The summed E-state index contributed by atoms with van der Waals surface area (Å²) in [6, 6.07) is 13.3. The molecule has 1 fully saturated rings. The Morgan fingerprint density at radius 3 is 2.35 bits per heavy atom. The number of rotatable bonds is 6. The van der Waals surface area contributed by atoms with Crippen LogP contribution in [0.4, 0.5) is 10.1 Å². The van der Waals surface area contributed by atoms with Crippen molar-refractivity contribution in [2.45, 2.75) is 40.3 Å². The minimum atomic E-state index is -0.234. The van der Waals surface area contributed by atoms with Gasteiger partial charge in [0.1, 0.15) is 5.82 Å². The molecule has 0 amide bonds. The molecule has 0 saturated carbocycles. The zero-order chi connectivity index (χ0) is 22.0. The first-order valence-corrected chi connectivity index (χ1v) is 11.0. The lowest BCUT2D eigenvalue weighted by molar-refractivity contribution is 0.135. The molecule has 4 rings (SSSR count). The predicted octanol–water partition coefficient (Wildman–Crippen LogP) is 4.00. The first-order chi connectivity index (χ1) is 14.9. The lowest BCUT2D eigenvalue weighted by Crippen LogP contribution is -2.49. The zero-order valence-corrected chi connectivity index (χ0v) is 18.8. The van der Waals surface area contributed by atoms with Crippen molar-refractivity contribution in [2.75, 3.05) is 31.1 Å². The van der Waals surface area contributed by atoms with E-state index in [1.165, 1.54) is 28.9 Å². The molecule has 31 heavy (non-hydrogen) atoms. The van der Waals surface area contributed by atoms with Crippen LogP contribution in [0, 0.1) is 25.6 Å². The Bertz CT molecular complexity index is 1010. The van der Waals surface area contributed by atoms with E-state index in [-0.39, 0.29) is 11.9 Å². The van der Waals surface area contributed by atoms with E-state index >= 15 is 0 Å². The summed E-state index contributed by atoms with van der Waals surface area (Å²) in [5.41, 5.74) is 4.94. The number of hydrogen-bond donors (Lipinski definition) is 0. The van der Waals surface area contributed by atoms with Crippen LogP contribution in [-0.4, -0.2) is 51.3 Å². The third kappa shape index (κ3) is 4.77. The fourth-order valence-electron chi connectivity index (χ4n) is 4.48. The lowest BCUT2D eigenvalue weighted by Gasteiger charge is -2.41. The quantitative estimate of drug-likeness (QED) is 0.601. The van der Waals surface area contributed by atoms with Gasteiger partial charge in [-0.1, -0.05) is 38.1 Å². The zero-order valence-electron chi connectivity index (χ0n) is 18.8. The van der Waals surface area contributed by atoms with Gasteiger partial charge in [0.15, 0.2) is 5.82 Å². The summed E-state index contributed by atoms with van der Waals surface area (Å²) in [5.74, 6) is 1.01. The highest BCUT2D eigenvalue weighted by atomic mass is 19.1. The van der Waals surface area contributed by atoms with Crippen LogP contribution in [0.1, 0.15) is 42.4 Å². The van der Waals surface area contributed by atoms with E-state index in [0.717, 1.165) is 37.6 Å². The molecule has 2 aromatic carbocycles. The van der Waals surface area contributed by atoms with Crippen LogP contribution in [0.15, 0.2) is 42.5 Å². The number of tetrazole rings is 1. The number of benzene rings is 2. The average molecular weight is 423 g/mol. The summed E-state index contributed by atoms with van der Waals surface area (Å²) in [4.78, 5) is 4.98. The van der Waals surface area contributed by atoms with Crippen molar-refractivity contribution in [2.24, 2.45) is 5.92 Å². The summed E-state index contributed by atoms with van der Waals surface area (Å²) >= 11 is 0. The van der Waals surface area contributed by atoms with Crippen molar-refractivity contribution in [1.82, 2.24) is 25.1 Å². The molecule has 0 aliphatic carbocycles. The normalized spacial score (nSPS) is 16.1. The fraction of sp³-hybridized carbons (Fsp3) is 0.458. The Balaban J connectivity index is 1.50. The fourth-order valence-corrected chi connectivity index (χ4v) is 4.48. The van der Waals surface area contributed by atoms with Crippen LogP contribution < -0.4 is 4.90 Å². The van der Waals surface area contributed by atoms with Gasteiger partial charge >= 0.3 is 0 Å². The van der Waals surface area contributed by atoms with Crippen molar-refractivity contribution >= 4 is 5.69 Å². The van der Waals surface area contributed by atoms with Gasteiger partial charge in [-0.05, 0) is 65.1 Å². The Kier molecular flexibility index (Phi) is 6.32. The van der Waals surface area contributed by atoms with E-state index in [2.05, 4.69) is 71.2 Å². The van der Waals surface area contributed by atoms with E-state index < -0.39 is 0 Å². The lowest BCUT2D eigenvalue weighted by atomic mass is 10.00. The van der Waals surface area contributed by atoms with Crippen LogP contribution in [0.2, 0.25) is 0 Å².